The number of benzene rings is 1. The topological polar surface area (TPSA) is 60.2 Å². The molecule has 1 atom stereocenters. The third-order valence-electron chi connectivity index (χ3n) is 5.16. The van der Waals surface area contributed by atoms with Crippen LogP contribution < -0.4 is 0 Å². The largest absolute Gasteiger partial charge is 0.386 e. The number of nitrogens with zero attached hydrogens (tertiary/aromatic N) is 3. The highest BCUT2D eigenvalue weighted by Crippen LogP contribution is 2.32. The molecular weight excluding hydrogens is 338 g/mol. The third kappa shape index (κ3) is 4.58. The van der Waals surface area contributed by atoms with E-state index in [-0.39, 0.29) is 6.10 Å². The first kappa shape index (κ1) is 18.2. The Morgan fingerprint density at radius 2 is 2.11 bits per heavy atom. The maximum atomic E-state index is 10.7. The van der Waals surface area contributed by atoms with Gasteiger partial charge in [0, 0.05) is 23.7 Å². The molecule has 1 aliphatic carbocycles. The second kappa shape index (κ2) is 7.46. The standard InChI is InChI=1S/C22H27N3O2/c1-22(2,26)20-13-17(9-8-16-6-7-16)10-11-19(20)21-15-25(24-23-21)14-18-5-3-4-12-27-18/h10-11,13,15-16,18,26H,3-7,12,14H2,1-2H3/t18-/m1/s1. The van der Waals surface area contributed by atoms with Crippen molar-refractivity contribution in [3.8, 4) is 23.1 Å². The van der Waals surface area contributed by atoms with E-state index >= 15 is 0 Å². The molecule has 1 saturated heterocycles. The minimum absolute atomic E-state index is 0.210. The van der Waals surface area contributed by atoms with Crippen molar-refractivity contribution in [2.45, 2.75) is 64.2 Å². The minimum Gasteiger partial charge on any atom is -0.386 e. The summed E-state index contributed by atoms with van der Waals surface area (Å²) in [5.74, 6) is 7.07. The summed E-state index contributed by atoms with van der Waals surface area (Å²) >= 11 is 0. The van der Waals surface area contributed by atoms with Crippen LogP contribution in [0.3, 0.4) is 0 Å². The summed E-state index contributed by atoms with van der Waals surface area (Å²) in [5.41, 5.74) is 2.44. The summed E-state index contributed by atoms with van der Waals surface area (Å²) in [6, 6.07) is 5.98. The first-order chi connectivity index (χ1) is 13.0. The van der Waals surface area contributed by atoms with Crippen LogP contribution >= 0.6 is 0 Å². The molecule has 5 heteroatoms. The highest BCUT2D eigenvalue weighted by molar-refractivity contribution is 5.66. The molecule has 2 fully saturated rings. The monoisotopic (exact) mass is 365 g/mol. The van der Waals surface area contributed by atoms with Gasteiger partial charge in [-0.1, -0.05) is 23.1 Å². The number of aromatic nitrogens is 3. The lowest BCUT2D eigenvalue weighted by Crippen LogP contribution is -2.24. The van der Waals surface area contributed by atoms with E-state index in [4.69, 9.17) is 4.74 Å². The average Bonchev–Trinajstić information content (AvgIpc) is 3.37. The lowest BCUT2D eigenvalue weighted by molar-refractivity contribution is 0.00370. The normalized spacial score (nSPS) is 20.2. The van der Waals surface area contributed by atoms with E-state index in [0.29, 0.717) is 5.92 Å². The molecule has 2 heterocycles. The molecule has 2 aliphatic rings. The zero-order valence-electron chi connectivity index (χ0n) is 16.1. The van der Waals surface area contributed by atoms with Gasteiger partial charge in [0.25, 0.3) is 0 Å². The molecule has 1 N–H and O–H groups in total. The van der Waals surface area contributed by atoms with Crippen molar-refractivity contribution in [1.29, 1.82) is 0 Å². The zero-order chi connectivity index (χ0) is 18.9. The van der Waals surface area contributed by atoms with Crippen LogP contribution in [0.5, 0.6) is 0 Å². The van der Waals surface area contributed by atoms with Crippen LogP contribution in [0.25, 0.3) is 11.3 Å². The van der Waals surface area contributed by atoms with E-state index in [1.807, 2.05) is 29.1 Å². The summed E-state index contributed by atoms with van der Waals surface area (Å²) in [6.07, 6.45) is 7.98. The molecule has 2 aromatic rings. The lowest BCUT2D eigenvalue weighted by atomic mass is 9.90. The van der Waals surface area contributed by atoms with Crippen molar-refractivity contribution in [1.82, 2.24) is 15.0 Å². The highest BCUT2D eigenvalue weighted by Gasteiger charge is 2.23. The SMILES string of the molecule is CC(C)(O)c1cc(C#CC2CC2)ccc1-c1cn(C[C@H]2CCCCO2)nn1. The van der Waals surface area contributed by atoms with Gasteiger partial charge in [0.05, 0.1) is 24.4 Å². The lowest BCUT2D eigenvalue weighted by Gasteiger charge is -2.22. The van der Waals surface area contributed by atoms with Gasteiger partial charge in [-0.2, -0.15) is 0 Å². The van der Waals surface area contributed by atoms with Crippen molar-refractivity contribution >= 4 is 0 Å². The Labute approximate surface area is 160 Å². The Bertz CT molecular complexity index is 860. The summed E-state index contributed by atoms with van der Waals surface area (Å²) < 4.78 is 7.65. The van der Waals surface area contributed by atoms with Gasteiger partial charge < -0.3 is 9.84 Å². The number of hydrogen-bond acceptors (Lipinski definition) is 4. The van der Waals surface area contributed by atoms with Crippen molar-refractivity contribution in [2.75, 3.05) is 6.61 Å². The van der Waals surface area contributed by atoms with Gasteiger partial charge in [-0.15, -0.1) is 5.10 Å². The second-order valence-corrected chi connectivity index (χ2v) is 8.18. The summed E-state index contributed by atoms with van der Waals surface area (Å²) in [6.45, 7) is 5.14. The smallest absolute Gasteiger partial charge is 0.113 e. The fourth-order valence-electron chi connectivity index (χ4n) is 3.44. The maximum Gasteiger partial charge on any atom is 0.113 e. The second-order valence-electron chi connectivity index (χ2n) is 8.18. The molecule has 0 amide bonds. The Morgan fingerprint density at radius 3 is 2.81 bits per heavy atom. The van der Waals surface area contributed by atoms with Crippen molar-refractivity contribution in [3.05, 3.63) is 35.5 Å². The van der Waals surface area contributed by atoms with Crippen LogP contribution in [0.15, 0.2) is 24.4 Å². The Morgan fingerprint density at radius 1 is 1.26 bits per heavy atom. The van der Waals surface area contributed by atoms with Gasteiger partial charge >= 0.3 is 0 Å². The highest BCUT2D eigenvalue weighted by atomic mass is 16.5. The molecule has 1 aliphatic heterocycles. The third-order valence-corrected chi connectivity index (χ3v) is 5.16. The van der Waals surface area contributed by atoms with E-state index in [1.54, 1.807) is 13.8 Å². The van der Waals surface area contributed by atoms with Crippen LogP contribution in [-0.4, -0.2) is 32.8 Å². The fraction of sp³-hybridized carbons (Fsp3) is 0.545. The molecule has 0 spiro atoms. The number of ether oxygens (including phenoxy) is 1. The van der Waals surface area contributed by atoms with Gasteiger partial charge in [-0.3, -0.25) is 0 Å². The van der Waals surface area contributed by atoms with Crippen LogP contribution in [0.1, 0.15) is 57.1 Å². The molecule has 0 radical (unpaired) electrons. The van der Waals surface area contributed by atoms with Crippen LogP contribution in [0.2, 0.25) is 0 Å². The van der Waals surface area contributed by atoms with Gasteiger partial charge in [0.2, 0.25) is 0 Å². The van der Waals surface area contributed by atoms with Crippen molar-refractivity contribution in [2.24, 2.45) is 5.92 Å². The first-order valence-corrected chi connectivity index (χ1v) is 9.89. The Kier molecular flexibility index (Phi) is 5.03. The molecule has 142 valence electrons. The number of rotatable bonds is 4. The number of aliphatic hydroxyl groups is 1. The predicted molar refractivity (Wildman–Crippen MR) is 104 cm³/mol. The molecule has 1 aromatic carbocycles. The Hall–Kier alpha value is -2.16. The van der Waals surface area contributed by atoms with Gasteiger partial charge in [0.15, 0.2) is 0 Å². The van der Waals surface area contributed by atoms with Gasteiger partial charge in [-0.25, -0.2) is 4.68 Å². The maximum absolute atomic E-state index is 10.7. The Balaban J connectivity index is 1.59. The van der Waals surface area contributed by atoms with Crippen LogP contribution in [0.4, 0.5) is 0 Å². The molecular formula is C22H27N3O2. The van der Waals surface area contributed by atoms with Crippen LogP contribution in [-0.2, 0) is 16.9 Å². The van der Waals surface area contributed by atoms with E-state index in [0.717, 1.165) is 48.4 Å². The summed E-state index contributed by atoms with van der Waals surface area (Å²) in [7, 11) is 0. The molecule has 4 rings (SSSR count). The molecule has 27 heavy (non-hydrogen) atoms. The molecule has 0 unspecified atom stereocenters. The summed E-state index contributed by atoms with van der Waals surface area (Å²) in [4.78, 5) is 0. The first-order valence-electron chi connectivity index (χ1n) is 9.89. The van der Waals surface area contributed by atoms with E-state index in [2.05, 4.69) is 22.2 Å². The van der Waals surface area contributed by atoms with E-state index in [9.17, 15) is 5.11 Å². The van der Waals surface area contributed by atoms with Gasteiger partial charge in [-0.05, 0) is 63.6 Å². The van der Waals surface area contributed by atoms with E-state index in [1.165, 1.54) is 19.3 Å². The quantitative estimate of drug-likeness (QED) is 0.843. The van der Waals surface area contributed by atoms with Crippen LogP contribution in [0, 0.1) is 17.8 Å². The van der Waals surface area contributed by atoms with Crippen molar-refractivity contribution in [3.63, 3.8) is 0 Å². The minimum atomic E-state index is -0.983. The average molecular weight is 365 g/mol. The number of hydrogen-bond donors (Lipinski definition) is 1. The van der Waals surface area contributed by atoms with Crippen molar-refractivity contribution < 1.29 is 9.84 Å². The van der Waals surface area contributed by atoms with E-state index < -0.39 is 5.60 Å². The zero-order valence-corrected chi connectivity index (χ0v) is 16.1. The van der Waals surface area contributed by atoms with Gasteiger partial charge in [0.1, 0.15) is 5.69 Å². The fourth-order valence-corrected chi connectivity index (χ4v) is 3.44. The molecule has 1 aromatic heterocycles. The molecule has 1 saturated carbocycles. The predicted octanol–water partition coefficient (Wildman–Crippen LogP) is 3.50. The molecule has 0 bridgehead atoms. The molecule has 5 nitrogen and oxygen atoms in total. The summed E-state index contributed by atoms with van der Waals surface area (Å²) in [5, 5.41) is 19.3.